The quantitative estimate of drug-likeness (QED) is 0.476. The van der Waals surface area contributed by atoms with Gasteiger partial charge in [0.1, 0.15) is 6.04 Å². The van der Waals surface area contributed by atoms with Gasteiger partial charge in [-0.15, -0.1) is 0 Å². The zero-order valence-electron chi connectivity index (χ0n) is 9.88. The molecule has 1 rings (SSSR count). The number of nitro benzene ring substituents is 1. The topological polar surface area (TPSA) is 92.5 Å². The number of nitrogens with zero attached hydrogens (tertiary/aromatic N) is 1. The minimum Gasteiger partial charge on any atom is -0.480 e. The summed E-state index contributed by atoms with van der Waals surface area (Å²) in [6.45, 7) is 3.59. The highest BCUT2D eigenvalue weighted by Gasteiger charge is 2.22. The number of non-ortho nitro benzene ring substituents is 1. The van der Waals surface area contributed by atoms with Crippen molar-refractivity contribution in [3.8, 4) is 0 Å². The van der Waals surface area contributed by atoms with E-state index in [-0.39, 0.29) is 11.6 Å². The van der Waals surface area contributed by atoms with Gasteiger partial charge in [0, 0.05) is 21.4 Å². The molecule has 1 atom stereocenters. The van der Waals surface area contributed by atoms with Gasteiger partial charge in [-0.1, -0.05) is 13.8 Å². The molecule has 0 radical (unpaired) electrons. The molecule has 1 aromatic rings. The first-order valence-electron chi connectivity index (χ1n) is 5.26. The zero-order valence-corrected chi connectivity index (χ0v) is 12.0. The molecule has 0 amide bonds. The Kier molecular flexibility index (Phi) is 4.88. The molecule has 98 valence electrons. The average Bonchev–Trinajstić information content (AvgIpc) is 2.25. The van der Waals surface area contributed by atoms with Crippen molar-refractivity contribution >= 4 is 39.9 Å². The third kappa shape index (κ3) is 3.56. The van der Waals surface area contributed by atoms with E-state index in [0.717, 1.165) is 0 Å². The predicted octanol–water partition coefficient (Wildman–Crippen LogP) is 2.72. The Balaban J connectivity index is 2.97. The molecule has 18 heavy (non-hydrogen) atoms. The fourth-order valence-corrected chi connectivity index (χ4v) is 2.07. The number of carboxylic acid groups (broad SMARTS) is 1. The highest BCUT2D eigenvalue weighted by atomic mass is 127. The molecule has 0 aliphatic carbocycles. The summed E-state index contributed by atoms with van der Waals surface area (Å²) in [5.41, 5.74) is 0.573. The summed E-state index contributed by atoms with van der Waals surface area (Å²) in [5.74, 6) is -1.03. The minimum absolute atomic E-state index is 0.0126. The molecular formula is C11H13IN2O4. The van der Waals surface area contributed by atoms with E-state index >= 15 is 0 Å². The lowest BCUT2D eigenvalue weighted by molar-refractivity contribution is -0.384. The summed E-state index contributed by atoms with van der Waals surface area (Å²) in [6.07, 6.45) is 0. The number of anilines is 1. The number of halogens is 1. The molecule has 0 aliphatic heterocycles. The van der Waals surface area contributed by atoms with Crippen LogP contribution in [0.4, 0.5) is 11.4 Å². The number of hydrogen-bond donors (Lipinski definition) is 2. The first-order valence-corrected chi connectivity index (χ1v) is 6.34. The van der Waals surface area contributed by atoms with Gasteiger partial charge < -0.3 is 10.4 Å². The summed E-state index contributed by atoms with van der Waals surface area (Å²) in [4.78, 5) is 21.2. The predicted molar refractivity (Wildman–Crippen MR) is 75.7 cm³/mol. The van der Waals surface area contributed by atoms with Crippen LogP contribution in [0, 0.1) is 19.6 Å². The summed E-state index contributed by atoms with van der Waals surface area (Å²) in [6, 6.07) is 3.56. The highest BCUT2D eigenvalue weighted by molar-refractivity contribution is 14.1. The molecule has 1 aromatic carbocycles. The van der Waals surface area contributed by atoms with Crippen LogP contribution in [-0.2, 0) is 4.79 Å². The molecule has 6 nitrogen and oxygen atoms in total. The van der Waals surface area contributed by atoms with Gasteiger partial charge in [-0.25, -0.2) is 4.79 Å². The van der Waals surface area contributed by atoms with E-state index in [9.17, 15) is 14.9 Å². The molecule has 0 bridgehead atoms. The fraction of sp³-hybridized carbons (Fsp3) is 0.364. The van der Waals surface area contributed by atoms with Crippen LogP contribution in [0.1, 0.15) is 13.8 Å². The maximum atomic E-state index is 11.1. The van der Waals surface area contributed by atoms with E-state index in [4.69, 9.17) is 5.11 Å². The summed E-state index contributed by atoms with van der Waals surface area (Å²) in [7, 11) is 0. The number of benzene rings is 1. The van der Waals surface area contributed by atoms with E-state index in [1.54, 1.807) is 13.8 Å². The molecule has 2 N–H and O–H groups in total. The van der Waals surface area contributed by atoms with Crippen molar-refractivity contribution in [3.63, 3.8) is 0 Å². The lowest BCUT2D eigenvalue weighted by atomic mass is 10.0. The van der Waals surface area contributed by atoms with Gasteiger partial charge in [0.15, 0.2) is 0 Å². The van der Waals surface area contributed by atoms with Crippen molar-refractivity contribution in [1.82, 2.24) is 0 Å². The van der Waals surface area contributed by atoms with Crippen molar-refractivity contribution in [3.05, 3.63) is 31.9 Å². The van der Waals surface area contributed by atoms with Crippen LogP contribution in [0.2, 0.25) is 0 Å². The second-order valence-electron chi connectivity index (χ2n) is 4.13. The number of rotatable bonds is 5. The van der Waals surface area contributed by atoms with Crippen molar-refractivity contribution < 1.29 is 14.8 Å². The van der Waals surface area contributed by atoms with Gasteiger partial charge in [-0.3, -0.25) is 10.1 Å². The van der Waals surface area contributed by atoms with E-state index in [1.807, 2.05) is 22.6 Å². The average molecular weight is 364 g/mol. The first kappa shape index (κ1) is 14.7. The van der Waals surface area contributed by atoms with Crippen LogP contribution in [0.15, 0.2) is 18.2 Å². The highest BCUT2D eigenvalue weighted by Crippen LogP contribution is 2.25. The van der Waals surface area contributed by atoms with Gasteiger partial charge in [0.05, 0.1) is 4.92 Å². The van der Waals surface area contributed by atoms with Crippen LogP contribution >= 0.6 is 22.6 Å². The molecular weight excluding hydrogens is 351 g/mol. The van der Waals surface area contributed by atoms with Crippen molar-refractivity contribution in [2.75, 3.05) is 5.32 Å². The Morgan fingerprint density at radius 3 is 2.50 bits per heavy atom. The SMILES string of the molecule is CC(C)C(Nc1ccc([N+](=O)[O-])cc1I)C(=O)O. The number of aliphatic carboxylic acids is 1. The normalized spacial score (nSPS) is 12.2. The number of carbonyl (C=O) groups is 1. The van der Waals surface area contributed by atoms with Crippen LogP contribution in [0.5, 0.6) is 0 Å². The van der Waals surface area contributed by atoms with Crippen LogP contribution in [0.3, 0.4) is 0 Å². The van der Waals surface area contributed by atoms with E-state index < -0.39 is 16.9 Å². The largest absolute Gasteiger partial charge is 0.480 e. The summed E-state index contributed by atoms with van der Waals surface area (Å²) >= 11 is 1.94. The monoisotopic (exact) mass is 364 g/mol. The smallest absolute Gasteiger partial charge is 0.326 e. The Labute approximate surface area is 118 Å². The number of hydrogen-bond acceptors (Lipinski definition) is 4. The number of carboxylic acids is 1. The molecule has 0 saturated heterocycles. The summed E-state index contributed by atoms with van der Waals surface area (Å²) < 4.78 is 0.619. The third-order valence-electron chi connectivity index (χ3n) is 2.41. The van der Waals surface area contributed by atoms with Crippen molar-refractivity contribution in [2.24, 2.45) is 5.92 Å². The first-order chi connectivity index (χ1) is 8.32. The molecule has 0 aromatic heterocycles. The Morgan fingerprint density at radius 1 is 1.50 bits per heavy atom. The van der Waals surface area contributed by atoms with E-state index in [1.165, 1.54) is 18.2 Å². The van der Waals surface area contributed by atoms with Crippen LogP contribution in [-0.4, -0.2) is 22.0 Å². The van der Waals surface area contributed by atoms with Crippen molar-refractivity contribution in [2.45, 2.75) is 19.9 Å². The van der Waals surface area contributed by atoms with Crippen molar-refractivity contribution in [1.29, 1.82) is 0 Å². The van der Waals surface area contributed by atoms with Crippen LogP contribution < -0.4 is 5.32 Å². The van der Waals surface area contributed by atoms with Gasteiger partial charge in [0.25, 0.3) is 5.69 Å². The van der Waals surface area contributed by atoms with E-state index in [2.05, 4.69) is 5.32 Å². The van der Waals surface area contributed by atoms with Gasteiger partial charge in [-0.2, -0.15) is 0 Å². The second kappa shape index (κ2) is 5.98. The molecule has 0 aliphatic rings. The Bertz CT molecular complexity index is 476. The maximum absolute atomic E-state index is 11.1. The standard InChI is InChI=1S/C11H13IN2O4/c1-6(2)10(11(15)16)13-9-4-3-7(14(17)18)5-8(9)12/h3-6,10,13H,1-2H3,(H,15,16). The Hall–Kier alpha value is -1.38. The molecule has 0 fully saturated rings. The third-order valence-corrected chi connectivity index (χ3v) is 3.30. The fourth-order valence-electron chi connectivity index (χ4n) is 1.42. The molecule has 0 saturated carbocycles. The summed E-state index contributed by atoms with van der Waals surface area (Å²) in [5, 5.41) is 22.5. The molecule has 7 heteroatoms. The molecule has 0 heterocycles. The van der Waals surface area contributed by atoms with Crippen LogP contribution in [0.25, 0.3) is 0 Å². The lowest BCUT2D eigenvalue weighted by Crippen LogP contribution is -2.34. The second-order valence-corrected chi connectivity index (χ2v) is 5.29. The molecule has 1 unspecified atom stereocenters. The molecule has 0 spiro atoms. The zero-order chi connectivity index (χ0) is 13.9. The Morgan fingerprint density at radius 2 is 2.11 bits per heavy atom. The van der Waals surface area contributed by atoms with Gasteiger partial charge in [-0.05, 0) is 34.6 Å². The van der Waals surface area contributed by atoms with Gasteiger partial charge >= 0.3 is 5.97 Å². The maximum Gasteiger partial charge on any atom is 0.326 e. The van der Waals surface area contributed by atoms with E-state index in [0.29, 0.717) is 9.26 Å². The lowest BCUT2D eigenvalue weighted by Gasteiger charge is -2.19. The minimum atomic E-state index is -0.945. The number of nitro groups is 1. The van der Waals surface area contributed by atoms with Gasteiger partial charge in [0.2, 0.25) is 0 Å². The number of nitrogens with one attached hydrogen (secondary N) is 1.